The van der Waals surface area contributed by atoms with E-state index < -0.39 is 10.0 Å². The Morgan fingerprint density at radius 3 is 2.37 bits per heavy atom. The molecule has 1 fully saturated rings. The largest absolute Gasteiger partial charge is 0.423 e. The predicted octanol–water partition coefficient (Wildman–Crippen LogP) is 5.02. The van der Waals surface area contributed by atoms with Crippen molar-refractivity contribution < 1.29 is 13.2 Å². The van der Waals surface area contributed by atoms with Gasteiger partial charge in [-0.3, -0.25) is 9.78 Å². The van der Waals surface area contributed by atoms with E-state index in [2.05, 4.69) is 20.0 Å². The summed E-state index contributed by atoms with van der Waals surface area (Å²) in [6.45, 7) is 7.32. The number of nitrogens with zero attached hydrogens (tertiary/aromatic N) is 3. The SMILES string of the molecule is Cc1cc([N-]S(=O)(=O)c2ccc(NC(=O)C3C(C=C(Cl)Cl)C3(C)C)cc2)nc(C)n1. The number of carbonyl (C=O) groups is 1. The fraction of sp³-hybridized carbons (Fsp3) is 0.350. The summed E-state index contributed by atoms with van der Waals surface area (Å²) in [6.07, 6.45) is 1.67. The van der Waals surface area contributed by atoms with Crippen LogP contribution in [-0.2, 0) is 14.8 Å². The van der Waals surface area contributed by atoms with E-state index >= 15 is 0 Å². The van der Waals surface area contributed by atoms with E-state index in [1.54, 1.807) is 19.9 Å². The van der Waals surface area contributed by atoms with E-state index in [4.69, 9.17) is 23.2 Å². The second kappa shape index (κ2) is 8.17. The van der Waals surface area contributed by atoms with E-state index in [0.29, 0.717) is 17.2 Å². The Morgan fingerprint density at radius 2 is 1.80 bits per heavy atom. The summed E-state index contributed by atoms with van der Waals surface area (Å²) in [5.41, 5.74) is 0.853. The summed E-state index contributed by atoms with van der Waals surface area (Å²) >= 11 is 11.5. The summed E-state index contributed by atoms with van der Waals surface area (Å²) in [6, 6.07) is 7.31. The summed E-state index contributed by atoms with van der Waals surface area (Å²) in [7, 11) is -3.95. The zero-order valence-corrected chi connectivity index (χ0v) is 19.2. The van der Waals surface area contributed by atoms with Crippen LogP contribution in [0.15, 0.2) is 45.8 Å². The lowest BCUT2D eigenvalue weighted by molar-refractivity contribution is -0.118. The van der Waals surface area contributed by atoms with Crippen LogP contribution in [0.3, 0.4) is 0 Å². The second-order valence-corrected chi connectivity index (χ2v) is 10.4. The molecule has 160 valence electrons. The van der Waals surface area contributed by atoms with Crippen LogP contribution in [0, 0.1) is 31.1 Å². The Morgan fingerprint density at radius 1 is 1.17 bits per heavy atom. The maximum Gasteiger partial charge on any atom is 0.228 e. The molecule has 0 radical (unpaired) electrons. The van der Waals surface area contributed by atoms with Crippen LogP contribution in [0.1, 0.15) is 25.4 Å². The Hall–Kier alpha value is -2.16. The average molecular weight is 468 g/mol. The quantitative estimate of drug-likeness (QED) is 0.642. The average Bonchev–Trinajstić information content (AvgIpc) is 3.13. The minimum Gasteiger partial charge on any atom is -0.423 e. The molecule has 0 bridgehead atoms. The first kappa shape index (κ1) is 22.5. The van der Waals surface area contributed by atoms with Crippen LogP contribution in [0.4, 0.5) is 11.5 Å². The highest BCUT2D eigenvalue weighted by Gasteiger charge is 2.60. The summed E-state index contributed by atoms with van der Waals surface area (Å²) in [5, 5.41) is 2.81. The smallest absolute Gasteiger partial charge is 0.228 e. The molecule has 0 spiro atoms. The molecule has 0 aliphatic heterocycles. The molecule has 1 aromatic carbocycles. The van der Waals surface area contributed by atoms with E-state index in [9.17, 15) is 13.2 Å². The lowest BCUT2D eigenvalue weighted by atomic mass is 10.1. The van der Waals surface area contributed by atoms with Gasteiger partial charge in [0, 0.05) is 17.2 Å². The van der Waals surface area contributed by atoms with Crippen LogP contribution in [0.5, 0.6) is 0 Å². The van der Waals surface area contributed by atoms with Crippen LogP contribution in [-0.4, -0.2) is 24.3 Å². The van der Waals surface area contributed by atoms with E-state index in [-0.39, 0.29) is 38.4 Å². The maximum absolute atomic E-state index is 12.6. The Bertz CT molecular complexity index is 1090. The Labute approximate surface area is 186 Å². The van der Waals surface area contributed by atoms with Gasteiger partial charge in [-0.2, -0.15) is 0 Å². The van der Waals surface area contributed by atoms with Crippen molar-refractivity contribution in [2.45, 2.75) is 32.6 Å². The van der Waals surface area contributed by atoms with Crippen LogP contribution < -0.4 is 5.32 Å². The lowest BCUT2D eigenvalue weighted by Crippen LogP contribution is -2.16. The van der Waals surface area contributed by atoms with Crippen molar-refractivity contribution in [3.8, 4) is 0 Å². The van der Waals surface area contributed by atoms with Crippen LogP contribution in [0.25, 0.3) is 4.72 Å². The topological polar surface area (TPSA) is 103 Å². The molecule has 30 heavy (non-hydrogen) atoms. The van der Waals surface area contributed by atoms with Gasteiger partial charge in [-0.25, -0.2) is 8.42 Å². The first-order chi connectivity index (χ1) is 13.9. The fourth-order valence-corrected chi connectivity index (χ4v) is 4.67. The summed E-state index contributed by atoms with van der Waals surface area (Å²) < 4.78 is 29.0. The van der Waals surface area contributed by atoms with Gasteiger partial charge in [0.15, 0.2) is 0 Å². The van der Waals surface area contributed by atoms with E-state index in [1.807, 2.05) is 13.8 Å². The van der Waals surface area contributed by atoms with Gasteiger partial charge in [-0.1, -0.05) is 37.0 Å². The van der Waals surface area contributed by atoms with Crippen molar-refractivity contribution in [1.29, 1.82) is 0 Å². The van der Waals surface area contributed by atoms with Gasteiger partial charge in [0.2, 0.25) is 15.9 Å². The molecule has 1 N–H and O–H groups in total. The molecule has 1 aliphatic rings. The number of nitrogens with one attached hydrogen (secondary N) is 1. The van der Waals surface area contributed by atoms with Crippen molar-refractivity contribution in [3.05, 3.63) is 57.1 Å². The molecule has 1 aromatic heterocycles. The second-order valence-electron chi connectivity index (χ2n) is 7.78. The number of benzene rings is 1. The zero-order valence-electron chi connectivity index (χ0n) is 16.8. The van der Waals surface area contributed by atoms with Crippen LogP contribution in [0.2, 0.25) is 0 Å². The number of aromatic nitrogens is 2. The number of anilines is 1. The molecule has 7 nitrogen and oxygen atoms in total. The van der Waals surface area contributed by atoms with Crippen molar-refractivity contribution in [2.75, 3.05) is 5.32 Å². The fourth-order valence-electron chi connectivity index (χ4n) is 3.48. The third-order valence-electron chi connectivity index (χ3n) is 5.08. The first-order valence-corrected chi connectivity index (χ1v) is 11.3. The molecule has 1 heterocycles. The number of aryl methyl sites for hydroxylation is 2. The number of rotatable bonds is 6. The predicted molar refractivity (Wildman–Crippen MR) is 117 cm³/mol. The third kappa shape index (κ3) is 4.94. The molecule has 1 amide bonds. The normalized spacial score (nSPS) is 19.7. The van der Waals surface area contributed by atoms with Gasteiger partial charge in [0.25, 0.3) is 0 Å². The molecule has 1 saturated carbocycles. The van der Waals surface area contributed by atoms with Crippen molar-refractivity contribution in [3.63, 3.8) is 0 Å². The number of amides is 1. The third-order valence-corrected chi connectivity index (χ3v) is 6.63. The number of carbonyl (C=O) groups excluding carboxylic acids is 1. The molecule has 0 saturated heterocycles. The molecule has 3 rings (SSSR count). The molecular formula is C20H21Cl2N4O3S-. The van der Waals surface area contributed by atoms with Crippen molar-refractivity contribution in [1.82, 2.24) is 9.97 Å². The Kier molecular flexibility index (Phi) is 6.13. The molecular weight excluding hydrogens is 447 g/mol. The lowest BCUT2D eigenvalue weighted by Gasteiger charge is -2.17. The van der Waals surface area contributed by atoms with Gasteiger partial charge < -0.3 is 15.0 Å². The highest BCUT2D eigenvalue weighted by atomic mass is 35.5. The van der Waals surface area contributed by atoms with Crippen LogP contribution >= 0.6 is 23.2 Å². The Balaban J connectivity index is 1.70. The molecule has 2 atom stereocenters. The molecule has 10 heteroatoms. The van der Waals surface area contributed by atoms with Crippen molar-refractivity contribution >= 4 is 50.6 Å². The van der Waals surface area contributed by atoms with E-state index in [0.717, 1.165) is 0 Å². The van der Waals surface area contributed by atoms with Crippen molar-refractivity contribution in [2.24, 2.45) is 17.3 Å². The van der Waals surface area contributed by atoms with Gasteiger partial charge in [-0.15, -0.1) is 0 Å². The monoisotopic (exact) mass is 467 g/mol. The standard InChI is InChI=1S/C20H22Cl2N4O3S/c1-11-9-17(24-12(2)23-11)26-30(28,29)14-7-5-13(6-8-14)25-19(27)18-15(10-16(21)22)20(18,3)4/h5-10,15,18H,1-4H3,(H2,23,24,25,26,27)/p-1. The first-order valence-electron chi connectivity index (χ1n) is 9.14. The van der Waals surface area contributed by atoms with Gasteiger partial charge in [0.05, 0.1) is 10.8 Å². The number of sulfonamides is 1. The summed E-state index contributed by atoms with van der Waals surface area (Å²) in [5.74, 6) is 0.00968. The number of hydrogen-bond acceptors (Lipinski definition) is 5. The highest BCUT2D eigenvalue weighted by molar-refractivity contribution is 7.94. The van der Waals surface area contributed by atoms with Gasteiger partial charge in [-0.05, 0) is 67.4 Å². The van der Waals surface area contributed by atoms with Gasteiger partial charge in [0.1, 0.15) is 4.49 Å². The molecule has 2 unspecified atom stereocenters. The van der Waals surface area contributed by atoms with E-state index in [1.165, 1.54) is 30.3 Å². The minimum absolute atomic E-state index is 0.00380. The zero-order chi connectivity index (χ0) is 22.3. The highest BCUT2D eigenvalue weighted by Crippen LogP contribution is 2.60. The number of hydrogen-bond donors (Lipinski definition) is 1. The minimum atomic E-state index is -3.95. The number of halogens is 2. The molecule has 2 aromatic rings. The molecule has 1 aliphatic carbocycles. The van der Waals surface area contributed by atoms with Gasteiger partial charge >= 0.3 is 0 Å². The number of allylic oxidation sites excluding steroid dienone is 1. The summed E-state index contributed by atoms with van der Waals surface area (Å²) in [4.78, 5) is 20.7. The maximum atomic E-state index is 12.6.